The lowest BCUT2D eigenvalue weighted by Gasteiger charge is -2.42. The number of fused-ring (bicyclic) bond motifs is 3. The molecule has 3 aromatic rings. The number of rotatable bonds is 7. The van der Waals surface area contributed by atoms with Crippen LogP contribution in [-0.2, 0) is 14.2 Å². The Morgan fingerprint density at radius 3 is 2.40 bits per heavy atom. The van der Waals surface area contributed by atoms with Gasteiger partial charge in [0.15, 0.2) is 0 Å². The molecule has 1 aliphatic carbocycles. The topological polar surface area (TPSA) is 99.1 Å². The number of amides is 2. The maximum Gasteiger partial charge on any atom is 0.455 e. The number of allylic oxidation sites excluding steroid dienone is 2. The molecule has 2 amide bonds. The summed E-state index contributed by atoms with van der Waals surface area (Å²) in [7, 11) is -1.00. The quantitative estimate of drug-likeness (QED) is 0.177. The highest BCUT2D eigenvalue weighted by Gasteiger charge is 2.57. The molecule has 8 heteroatoms. The van der Waals surface area contributed by atoms with Gasteiger partial charge in [-0.25, -0.2) is 0 Å². The third-order valence-corrected chi connectivity index (χ3v) is 8.78. The Morgan fingerprint density at radius 1 is 0.976 bits per heavy atom. The molecule has 0 aromatic heterocycles. The van der Waals surface area contributed by atoms with E-state index in [2.05, 4.69) is 5.32 Å². The molecule has 6 rings (SSSR count). The van der Waals surface area contributed by atoms with Gasteiger partial charge in [0.2, 0.25) is 11.8 Å². The molecule has 0 saturated carbocycles. The zero-order valence-electron chi connectivity index (χ0n) is 23.9. The van der Waals surface area contributed by atoms with Gasteiger partial charge in [-0.05, 0) is 93.4 Å². The summed E-state index contributed by atoms with van der Waals surface area (Å²) in [6.45, 7) is 4.04. The summed E-state index contributed by atoms with van der Waals surface area (Å²) in [5.41, 5.74) is 6.35. The number of imide groups is 1. The van der Waals surface area contributed by atoms with Gasteiger partial charge in [0.05, 0.1) is 23.6 Å². The van der Waals surface area contributed by atoms with E-state index < -0.39 is 19.0 Å². The minimum Gasteiger partial charge on any atom is -0.507 e. The smallest absolute Gasteiger partial charge is 0.455 e. The lowest BCUT2D eigenvalue weighted by atomic mass is 9.59. The number of anilines is 3. The Labute approximate surface area is 246 Å². The second-order valence-corrected chi connectivity index (χ2v) is 11.6. The number of nitrogens with one attached hydrogen (secondary N) is 1. The average Bonchev–Trinajstić information content (AvgIpc) is 3.23. The van der Waals surface area contributed by atoms with Crippen molar-refractivity contribution in [1.29, 1.82) is 0 Å². The van der Waals surface area contributed by atoms with Gasteiger partial charge in [-0.1, -0.05) is 53.6 Å². The van der Waals surface area contributed by atoms with Gasteiger partial charge in [0.1, 0.15) is 5.75 Å². The fourth-order valence-corrected chi connectivity index (χ4v) is 6.86. The second-order valence-electron chi connectivity index (χ2n) is 11.6. The summed E-state index contributed by atoms with van der Waals surface area (Å²) in [5.74, 6) is -1.35. The maximum absolute atomic E-state index is 13.9. The highest BCUT2D eigenvalue weighted by Crippen LogP contribution is 2.51. The Kier molecular flexibility index (Phi) is 7.75. The summed E-state index contributed by atoms with van der Waals surface area (Å²) >= 11 is 0. The molecule has 0 radical (unpaired) electrons. The maximum atomic E-state index is 13.9. The largest absolute Gasteiger partial charge is 0.507 e. The summed E-state index contributed by atoms with van der Waals surface area (Å²) < 4.78 is 6.04. The molecule has 0 unspecified atom stereocenters. The summed E-state index contributed by atoms with van der Waals surface area (Å²) in [6, 6.07) is 24.4. The van der Waals surface area contributed by atoms with Crippen LogP contribution in [0, 0.1) is 17.8 Å². The van der Waals surface area contributed by atoms with Crippen molar-refractivity contribution in [3.63, 3.8) is 0 Å². The standard InChI is InChI=1S/C34H35BN2O5/c1-21(18-23-8-6-7-11-29(23)38)12-17-30-31-22(2)19-27-32(28(31)20-35(41)42-30)34(40)37(33(27)39)26-15-13-25(14-16-26)36-24-9-4-3-5-10-24/h3-11,13-16,18,27-28,30,32,36,38,41H,12,17,19-20H2,1-2H3/b21-18+/t27-,28+,30-,32-/m1/s1. The molecule has 2 heterocycles. The number of hydrogen-bond donors (Lipinski definition) is 3. The van der Waals surface area contributed by atoms with Crippen molar-refractivity contribution < 1.29 is 24.4 Å². The fourth-order valence-electron chi connectivity index (χ4n) is 6.86. The van der Waals surface area contributed by atoms with Crippen LogP contribution in [0.15, 0.2) is 95.6 Å². The number of aromatic hydroxyl groups is 1. The molecular weight excluding hydrogens is 527 g/mol. The van der Waals surface area contributed by atoms with Crippen molar-refractivity contribution in [2.45, 2.75) is 45.5 Å². The van der Waals surface area contributed by atoms with E-state index in [0.29, 0.717) is 31.3 Å². The first-order chi connectivity index (χ1) is 20.3. The number of nitrogens with zero attached hydrogens (tertiary/aromatic N) is 1. The fraction of sp³-hybridized carbons (Fsp3) is 0.294. The zero-order chi connectivity index (χ0) is 29.4. The van der Waals surface area contributed by atoms with E-state index in [-0.39, 0.29) is 29.6 Å². The minimum absolute atomic E-state index is 0.175. The van der Waals surface area contributed by atoms with Crippen LogP contribution in [0.4, 0.5) is 17.1 Å². The van der Waals surface area contributed by atoms with Crippen LogP contribution in [0.1, 0.15) is 38.7 Å². The number of carbonyl (C=O) groups is 2. The number of phenolic OH excluding ortho intramolecular Hbond substituents is 1. The first kappa shape index (κ1) is 28.0. The van der Waals surface area contributed by atoms with Crippen LogP contribution in [0.25, 0.3) is 6.08 Å². The second kappa shape index (κ2) is 11.6. The van der Waals surface area contributed by atoms with Gasteiger partial charge in [0, 0.05) is 16.9 Å². The molecule has 4 atom stereocenters. The first-order valence-corrected chi connectivity index (χ1v) is 14.6. The third kappa shape index (κ3) is 5.40. The molecule has 3 aromatic carbocycles. The van der Waals surface area contributed by atoms with E-state index in [9.17, 15) is 19.7 Å². The van der Waals surface area contributed by atoms with Gasteiger partial charge < -0.3 is 20.1 Å². The molecule has 0 spiro atoms. The van der Waals surface area contributed by atoms with Gasteiger partial charge in [-0.3, -0.25) is 14.5 Å². The van der Waals surface area contributed by atoms with E-state index in [4.69, 9.17) is 4.65 Å². The SMILES string of the molecule is CC1=C2[C@@H](CC/C(C)=C/c3ccccc3O)OB(O)C[C@@H]2[C@@H]2C(=O)N(c3ccc(Nc4ccccc4)cc3)C(=O)[C@@H]2C1. The number of carbonyl (C=O) groups excluding carboxylic acids is 2. The van der Waals surface area contributed by atoms with E-state index in [1.807, 2.05) is 74.5 Å². The van der Waals surface area contributed by atoms with Crippen molar-refractivity contribution in [2.75, 3.05) is 10.2 Å². The van der Waals surface area contributed by atoms with Gasteiger partial charge in [-0.2, -0.15) is 0 Å². The highest BCUT2D eigenvalue weighted by molar-refractivity contribution is 6.43. The molecule has 2 aliphatic heterocycles. The van der Waals surface area contributed by atoms with E-state index in [1.54, 1.807) is 24.3 Å². The Bertz CT molecular complexity index is 1550. The summed E-state index contributed by atoms with van der Waals surface area (Å²) in [6.07, 6.45) is 3.76. The predicted octanol–water partition coefficient (Wildman–Crippen LogP) is 6.34. The molecule has 42 heavy (non-hydrogen) atoms. The Hall–Kier alpha value is -4.14. The van der Waals surface area contributed by atoms with E-state index in [1.165, 1.54) is 4.90 Å². The average molecular weight is 562 g/mol. The van der Waals surface area contributed by atoms with E-state index in [0.717, 1.165) is 33.7 Å². The Morgan fingerprint density at radius 2 is 1.67 bits per heavy atom. The van der Waals surface area contributed by atoms with Crippen LogP contribution >= 0.6 is 0 Å². The third-order valence-electron chi connectivity index (χ3n) is 8.78. The molecule has 7 nitrogen and oxygen atoms in total. The summed E-state index contributed by atoms with van der Waals surface area (Å²) in [4.78, 5) is 28.9. The molecular formula is C34H35BN2O5. The van der Waals surface area contributed by atoms with Gasteiger partial charge in [0.25, 0.3) is 0 Å². The number of benzene rings is 3. The van der Waals surface area contributed by atoms with Crippen molar-refractivity contribution in [2.24, 2.45) is 17.8 Å². The predicted molar refractivity (Wildman–Crippen MR) is 165 cm³/mol. The Balaban J connectivity index is 1.20. The highest BCUT2D eigenvalue weighted by atomic mass is 16.5. The van der Waals surface area contributed by atoms with Crippen LogP contribution < -0.4 is 10.2 Å². The van der Waals surface area contributed by atoms with E-state index >= 15 is 0 Å². The van der Waals surface area contributed by atoms with Crippen LogP contribution in [0.2, 0.25) is 6.32 Å². The lowest BCUT2D eigenvalue weighted by Crippen LogP contribution is -2.46. The molecule has 214 valence electrons. The van der Waals surface area contributed by atoms with Gasteiger partial charge in [-0.15, -0.1) is 0 Å². The molecule has 2 saturated heterocycles. The van der Waals surface area contributed by atoms with Gasteiger partial charge >= 0.3 is 7.12 Å². The number of para-hydroxylation sites is 2. The zero-order valence-corrected chi connectivity index (χ0v) is 23.9. The summed E-state index contributed by atoms with van der Waals surface area (Å²) in [5, 5.41) is 24.2. The number of phenols is 1. The lowest BCUT2D eigenvalue weighted by molar-refractivity contribution is -0.122. The monoisotopic (exact) mass is 562 g/mol. The molecule has 2 fully saturated rings. The normalized spacial score (nSPS) is 24.1. The first-order valence-electron chi connectivity index (χ1n) is 14.6. The van der Waals surface area contributed by atoms with Crippen molar-refractivity contribution in [1.82, 2.24) is 0 Å². The van der Waals surface area contributed by atoms with Crippen LogP contribution in [-0.4, -0.2) is 35.2 Å². The van der Waals surface area contributed by atoms with Crippen LogP contribution in [0.5, 0.6) is 5.75 Å². The number of hydrogen-bond acceptors (Lipinski definition) is 6. The van der Waals surface area contributed by atoms with Crippen LogP contribution in [0.3, 0.4) is 0 Å². The molecule has 3 aliphatic rings. The van der Waals surface area contributed by atoms with Crippen molar-refractivity contribution >= 4 is 42.1 Å². The minimum atomic E-state index is -1.00. The molecule has 3 N–H and O–H groups in total. The van der Waals surface area contributed by atoms with Crippen molar-refractivity contribution in [3.8, 4) is 5.75 Å². The molecule has 0 bridgehead atoms. The van der Waals surface area contributed by atoms with Crippen molar-refractivity contribution in [3.05, 3.63) is 101 Å².